The number of amides is 1. The van der Waals surface area contributed by atoms with Gasteiger partial charge >= 0.3 is 0 Å². The summed E-state index contributed by atoms with van der Waals surface area (Å²) in [6, 6.07) is 7.87. The molecule has 1 aliphatic rings. The number of hydrogen-bond donors (Lipinski definition) is 0. The van der Waals surface area contributed by atoms with Gasteiger partial charge in [0.25, 0.3) is 5.91 Å². The van der Waals surface area contributed by atoms with Crippen molar-refractivity contribution in [3.8, 4) is 16.6 Å². The van der Waals surface area contributed by atoms with Gasteiger partial charge < -0.3 is 9.64 Å². The van der Waals surface area contributed by atoms with E-state index in [2.05, 4.69) is 21.0 Å². The first-order chi connectivity index (χ1) is 13.2. The normalized spacial score (nSPS) is 13.8. The van der Waals surface area contributed by atoms with E-state index in [0.29, 0.717) is 28.8 Å². The predicted octanol–water partition coefficient (Wildman–Crippen LogP) is 3.16. The quantitative estimate of drug-likeness (QED) is 0.698. The largest absolute Gasteiger partial charge is 0.496 e. The molecule has 6 nitrogen and oxygen atoms in total. The van der Waals surface area contributed by atoms with E-state index in [0.717, 1.165) is 24.3 Å². The number of benzene rings is 1. The Morgan fingerprint density at radius 3 is 2.70 bits per heavy atom. The van der Waals surface area contributed by atoms with Crippen molar-refractivity contribution in [2.24, 2.45) is 0 Å². The lowest BCUT2D eigenvalue weighted by atomic mass is 10.0. The van der Waals surface area contributed by atoms with Crippen LogP contribution in [0.5, 0.6) is 5.75 Å². The molecule has 0 saturated carbocycles. The number of nitrogens with zero attached hydrogens (tertiary/aromatic N) is 4. The minimum atomic E-state index is 0.0268. The maximum Gasteiger partial charge on any atom is 0.265 e. The van der Waals surface area contributed by atoms with Gasteiger partial charge in [-0.3, -0.25) is 4.79 Å². The minimum absolute atomic E-state index is 0.0268. The molecule has 4 rings (SSSR count). The van der Waals surface area contributed by atoms with E-state index >= 15 is 0 Å². The average molecular weight is 380 g/mol. The number of fused-ring (bicyclic) bond motifs is 1. The zero-order valence-corrected chi connectivity index (χ0v) is 16.1. The average Bonchev–Trinajstić information content (AvgIpc) is 2.96. The van der Waals surface area contributed by atoms with Gasteiger partial charge in [-0.15, -0.1) is 11.3 Å². The SMILES string of the molecule is COc1cccc2c1CCN(C(=O)c1sc(-c3ncccn3)nc1C)CC2. The lowest BCUT2D eigenvalue weighted by molar-refractivity contribution is 0.0767. The van der Waals surface area contributed by atoms with Crippen LogP contribution in [0.2, 0.25) is 0 Å². The Balaban J connectivity index is 1.57. The molecule has 1 amide bonds. The Kier molecular flexibility index (Phi) is 4.85. The topological polar surface area (TPSA) is 68.2 Å². The fourth-order valence-corrected chi connectivity index (χ4v) is 4.36. The highest BCUT2D eigenvalue weighted by Crippen LogP contribution is 2.29. The third-order valence-corrected chi connectivity index (χ3v) is 5.91. The number of carbonyl (C=O) groups excluding carboxylic acids is 1. The van der Waals surface area contributed by atoms with E-state index in [-0.39, 0.29) is 5.91 Å². The number of methoxy groups -OCH3 is 1. The molecule has 3 aromatic rings. The lowest BCUT2D eigenvalue weighted by Gasteiger charge is -2.19. The van der Waals surface area contributed by atoms with Crippen LogP contribution in [-0.2, 0) is 12.8 Å². The van der Waals surface area contributed by atoms with Crippen LogP contribution in [0.15, 0.2) is 36.7 Å². The Hall–Kier alpha value is -2.80. The molecule has 0 radical (unpaired) electrons. The highest BCUT2D eigenvalue weighted by Gasteiger charge is 2.25. The van der Waals surface area contributed by atoms with Crippen LogP contribution >= 0.6 is 11.3 Å². The van der Waals surface area contributed by atoms with Crippen molar-refractivity contribution in [2.45, 2.75) is 19.8 Å². The number of thiazole rings is 1. The van der Waals surface area contributed by atoms with Crippen molar-refractivity contribution in [2.75, 3.05) is 20.2 Å². The van der Waals surface area contributed by atoms with E-state index in [1.807, 2.05) is 24.0 Å². The second kappa shape index (κ2) is 7.44. The molecule has 0 aliphatic carbocycles. The number of aromatic nitrogens is 3. The van der Waals surface area contributed by atoms with Crippen LogP contribution < -0.4 is 4.74 Å². The van der Waals surface area contributed by atoms with Crippen LogP contribution in [0, 0.1) is 6.92 Å². The van der Waals surface area contributed by atoms with Gasteiger partial charge in [-0.25, -0.2) is 15.0 Å². The van der Waals surface area contributed by atoms with Gasteiger partial charge in [0.2, 0.25) is 0 Å². The van der Waals surface area contributed by atoms with Crippen LogP contribution in [0.1, 0.15) is 26.5 Å². The van der Waals surface area contributed by atoms with Gasteiger partial charge in [-0.2, -0.15) is 0 Å². The number of aryl methyl sites for hydroxylation is 1. The van der Waals surface area contributed by atoms with Crippen LogP contribution in [-0.4, -0.2) is 46.0 Å². The van der Waals surface area contributed by atoms with Gasteiger partial charge in [0.1, 0.15) is 10.6 Å². The summed E-state index contributed by atoms with van der Waals surface area (Å²) >= 11 is 1.36. The molecular formula is C20H20N4O2S. The fraction of sp³-hybridized carbons (Fsp3) is 0.300. The molecule has 0 fully saturated rings. The Labute approximate surface area is 161 Å². The van der Waals surface area contributed by atoms with E-state index < -0.39 is 0 Å². The maximum absolute atomic E-state index is 13.1. The van der Waals surface area contributed by atoms with Crippen molar-refractivity contribution in [3.05, 3.63) is 58.4 Å². The minimum Gasteiger partial charge on any atom is -0.496 e. The molecule has 0 bridgehead atoms. The Morgan fingerprint density at radius 1 is 1.15 bits per heavy atom. The van der Waals surface area contributed by atoms with E-state index in [1.54, 1.807) is 25.6 Å². The predicted molar refractivity (Wildman–Crippen MR) is 104 cm³/mol. The van der Waals surface area contributed by atoms with Gasteiger partial charge in [0.15, 0.2) is 10.8 Å². The summed E-state index contributed by atoms with van der Waals surface area (Å²) in [7, 11) is 1.69. The van der Waals surface area contributed by atoms with Crippen LogP contribution in [0.3, 0.4) is 0 Å². The molecule has 0 unspecified atom stereocenters. The summed E-state index contributed by atoms with van der Waals surface area (Å²) in [6.45, 7) is 3.22. The van der Waals surface area contributed by atoms with Gasteiger partial charge in [0.05, 0.1) is 12.8 Å². The molecule has 0 atom stereocenters. The summed E-state index contributed by atoms with van der Waals surface area (Å²) in [6.07, 6.45) is 4.97. The number of hydrogen-bond acceptors (Lipinski definition) is 6. The second-order valence-electron chi connectivity index (χ2n) is 6.40. The molecule has 138 valence electrons. The van der Waals surface area contributed by atoms with Crippen LogP contribution in [0.4, 0.5) is 0 Å². The van der Waals surface area contributed by atoms with E-state index in [1.165, 1.54) is 22.5 Å². The molecule has 1 aromatic carbocycles. The smallest absolute Gasteiger partial charge is 0.265 e. The number of ether oxygens (including phenoxy) is 1. The molecular weight excluding hydrogens is 360 g/mol. The second-order valence-corrected chi connectivity index (χ2v) is 7.40. The zero-order chi connectivity index (χ0) is 18.8. The Bertz CT molecular complexity index is 971. The van der Waals surface area contributed by atoms with Crippen molar-refractivity contribution >= 4 is 17.2 Å². The molecule has 0 saturated heterocycles. The molecule has 0 N–H and O–H groups in total. The summed E-state index contributed by atoms with van der Waals surface area (Å²) < 4.78 is 5.49. The standard InChI is InChI=1S/C20H20N4O2S/c1-13-17(27-19(23-13)18-21-9-4-10-22-18)20(25)24-11-7-14-5-3-6-16(26-2)15(14)8-12-24/h3-6,9-10H,7-8,11-12H2,1-2H3. The van der Waals surface area contributed by atoms with Crippen molar-refractivity contribution < 1.29 is 9.53 Å². The van der Waals surface area contributed by atoms with Crippen molar-refractivity contribution in [1.82, 2.24) is 19.9 Å². The summed E-state index contributed by atoms with van der Waals surface area (Å²) in [5, 5.41) is 0.677. The van der Waals surface area contributed by atoms with E-state index in [9.17, 15) is 4.79 Å². The van der Waals surface area contributed by atoms with Gasteiger partial charge in [0, 0.05) is 25.5 Å². The fourth-order valence-electron chi connectivity index (χ4n) is 3.38. The molecule has 7 heteroatoms. The highest BCUT2D eigenvalue weighted by atomic mass is 32.1. The third kappa shape index (κ3) is 3.42. The molecule has 1 aliphatic heterocycles. The zero-order valence-electron chi connectivity index (χ0n) is 15.3. The van der Waals surface area contributed by atoms with Gasteiger partial charge in [-0.05, 0) is 43.0 Å². The van der Waals surface area contributed by atoms with Gasteiger partial charge in [-0.1, -0.05) is 12.1 Å². The number of carbonyl (C=O) groups is 1. The molecule has 3 heterocycles. The first kappa shape index (κ1) is 17.6. The van der Waals surface area contributed by atoms with Crippen molar-refractivity contribution in [3.63, 3.8) is 0 Å². The molecule has 27 heavy (non-hydrogen) atoms. The van der Waals surface area contributed by atoms with E-state index in [4.69, 9.17) is 4.74 Å². The lowest BCUT2D eigenvalue weighted by Crippen LogP contribution is -2.33. The monoisotopic (exact) mass is 380 g/mol. The molecule has 2 aromatic heterocycles. The third-order valence-electron chi connectivity index (χ3n) is 4.77. The first-order valence-electron chi connectivity index (χ1n) is 8.86. The molecule has 0 spiro atoms. The summed E-state index contributed by atoms with van der Waals surface area (Å²) in [4.78, 5) is 28.7. The Morgan fingerprint density at radius 2 is 1.93 bits per heavy atom. The number of rotatable bonds is 3. The van der Waals surface area contributed by atoms with Crippen molar-refractivity contribution in [1.29, 1.82) is 0 Å². The summed E-state index contributed by atoms with van der Waals surface area (Å²) in [5.41, 5.74) is 3.19. The first-order valence-corrected chi connectivity index (χ1v) is 9.68. The van der Waals surface area contributed by atoms with Crippen LogP contribution in [0.25, 0.3) is 10.8 Å². The maximum atomic E-state index is 13.1. The summed E-state index contributed by atoms with van der Waals surface area (Å²) in [5.74, 6) is 1.48. The highest BCUT2D eigenvalue weighted by molar-refractivity contribution is 7.17.